The first-order valence-corrected chi connectivity index (χ1v) is 15.3. The summed E-state index contributed by atoms with van der Waals surface area (Å²) in [7, 11) is 2.04. The van der Waals surface area contributed by atoms with Gasteiger partial charge in [0.1, 0.15) is 6.61 Å². The lowest BCUT2D eigenvalue weighted by Crippen LogP contribution is -2.43. The molecule has 3 aliphatic rings. The zero-order chi connectivity index (χ0) is 29.0. The molecule has 2 aliphatic carbocycles. The molecule has 0 saturated heterocycles. The summed E-state index contributed by atoms with van der Waals surface area (Å²) in [5.41, 5.74) is 6.62. The quantitative estimate of drug-likeness (QED) is 0.297. The lowest BCUT2D eigenvalue weighted by molar-refractivity contribution is -0.119. The molecule has 5 nitrogen and oxygen atoms in total. The summed E-state index contributed by atoms with van der Waals surface area (Å²) in [5, 5.41) is 0. The van der Waals surface area contributed by atoms with Crippen molar-refractivity contribution in [3.8, 4) is 11.5 Å². The maximum atomic E-state index is 13.9. The summed E-state index contributed by atoms with van der Waals surface area (Å²) in [6, 6.07) is 12.4. The van der Waals surface area contributed by atoms with E-state index in [4.69, 9.17) is 9.47 Å². The van der Waals surface area contributed by atoms with Gasteiger partial charge in [0.25, 0.3) is 0 Å². The van der Waals surface area contributed by atoms with Crippen molar-refractivity contribution in [2.75, 3.05) is 13.7 Å². The van der Waals surface area contributed by atoms with Crippen LogP contribution in [0.1, 0.15) is 82.9 Å². The van der Waals surface area contributed by atoms with E-state index in [1.54, 1.807) is 0 Å². The molecule has 1 heterocycles. The Bertz CT molecular complexity index is 1390. The number of ketones is 2. The fraction of sp³-hybridized carbons (Fsp3) is 0.471. The van der Waals surface area contributed by atoms with Crippen molar-refractivity contribution in [2.24, 2.45) is 10.8 Å². The van der Waals surface area contributed by atoms with E-state index in [0.717, 1.165) is 50.1 Å². The van der Waals surface area contributed by atoms with Crippen LogP contribution in [0.4, 0.5) is 0 Å². The van der Waals surface area contributed by atoms with Crippen LogP contribution in [0.5, 0.6) is 11.5 Å². The van der Waals surface area contributed by atoms with Gasteiger partial charge in [0.05, 0.1) is 10.2 Å². The number of carbonyl (C=O) groups is 2. The highest BCUT2D eigenvalue weighted by molar-refractivity contribution is 14.1. The second kappa shape index (κ2) is 10.7. The number of rotatable bonds is 6. The predicted molar refractivity (Wildman–Crippen MR) is 166 cm³/mol. The number of hydrogen-bond donors (Lipinski definition) is 0. The third-order valence-electron chi connectivity index (χ3n) is 8.31. The van der Waals surface area contributed by atoms with Crippen LogP contribution in [0.2, 0.25) is 0 Å². The molecule has 2 aromatic rings. The van der Waals surface area contributed by atoms with Crippen LogP contribution in [-0.2, 0) is 16.2 Å². The molecule has 0 aromatic heterocycles. The predicted octanol–water partition coefficient (Wildman–Crippen LogP) is 7.89. The summed E-state index contributed by atoms with van der Waals surface area (Å²) in [6.07, 6.45) is 2.57. The highest BCUT2D eigenvalue weighted by atomic mass is 127. The van der Waals surface area contributed by atoms with E-state index in [2.05, 4.69) is 86.4 Å². The van der Waals surface area contributed by atoms with Gasteiger partial charge in [0.2, 0.25) is 0 Å². The molecule has 0 atom stereocenters. The summed E-state index contributed by atoms with van der Waals surface area (Å²) in [5.74, 6) is 1.22. The number of aryl methyl sites for hydroxylation is 1. The Hall–Kier alpha value is -2.61. The maximum absolute atomic E-state index is 13.9. The number of hydrogen-bond acceptors (Lipinski definition) is 5. The molecule has 0 N–H and O–H groups in total. The molecule has 0 saturated carbocycles. The Morgan fingerprint density at radius 2 is 1.50 bits per heavy atom. The molecule has 5 rings (SSSR count). The number of allylic oxidation sites excluding steroid dienone is 4. The molecule has 40 heavy (non-hydrogen) atoms. The van der Waals surface area contributed by atoms with Crippen LogP contribution in [0.25, 0.3) is 0 Å². The zero-order valence-corrected chi connectivity index (χ0v) is 26.9. The molecule has 0 radical (unpaired) electrons. The van der Waals surface area contributed by atoms with Gasteiger partial charge in [0.15, 0.2) is 23.1 Å². The average Bonchev–Trinajstić information content (AvgIpc) is 2.84. The van der Waals surface area contributed by atoms with Gasteiger partial charge in [-0.25, -0.2) is 0 Å². The molecular formula is C34H40INO4. The van der Waals surface area contributed by atoms with E-state index >= 15 is 0 Å². The van der Waals surface area contributed by atoms with Crippen LogP contribution in [-0.4, -0.2) is 30.1 Å². The molecule has 0 bridgehead atoms. The Labute approximate surface area is 252 Å². The fourth-order valence-electron chi connectivity index (χ4n) is 6.61. The molecule has 1 aliphatic heterocycles. The van der Waals surface area contributed by atoms with Crippen LogP contribution < -0.4 is 9.47 Å². The molecule has 0 amide bonds. The first-order valence-electron chi connectivity index (χ1n) is 14.2. The number of carbonyl (C=O) groups excluding carboxylic acids is 2. The van der Waals surface area contributed by atoms with E-state index in [1.165, 1.54) is 5.56 Å². The fourth-order valence-corrected chi connectivity index (χ4v) is 7.39. The Morgan fingerprint density at radius 1 is 0.900 bits per heavy atom. The van der Waals surface area contributed by atoms with Gasteiger partial charge >= 0.3 is 0 Å². The van der Waals surface area contributed by atoms with E-state index < -0.39 is 5.92 Å². The topological polar surface area (TPSA) is 55.8 Å². The number of Topliss-reactive ketones (excluding diaryl/α,β-unsaturated/α-hetero) is 2. The van der Waals surface area contributed by atoms with Crippen molar-refractivity contribution in [3.05, 3.63) is 79.2 Å². The molecular weight excluding hydrogens is 613 g/mol. The van der Waals surface area contributed by atoms with Crippen molar-refractivity contribution in [2.45, 2.75) is 79.8 Å². The van der Waals surface area contributed by atoms with Gasteiger partial charge in [-0.2, -0.15) is 0 Å². The van der Waals surface area contributed by atoms with E-state index in [9.17, 15) is 9.59 Å². The van der Waals surface area contributed by atoms with Crippen molar-refractivity contribution < 1.29 is 19.1 Å². The van der Waals surface area contributed by atoms with Gasteiger partial charge in [-0.3, -0.25) is 9.59 Å². The second-order valence-electron chi connectivity index (χ2n) is 13.1. The Kier molecular flexibility index (Phi) is 7.70. The average molecular weight is 654 g/mol. The standard InChI is InChI=1S/C34H40INO4/c1-8-39-28-14-22(13-23(35)32(28)40-19-21-11-9-10-20(2)12-21)29-30-24(15-33(3,4)17-26(30)37)36(7)25-16-34(5,6)18-27(38)31(25)29/h9-14,29H,8,15-19H2,1-7H3. The third-order valence-corrected chi connectivity index (χ3v) is 9.11. The maximum Gasteiger partial charge on any atom is 0.174 e. The zero-order valence-electron chi connectivity index (χ0n) is 24.7. The van der Waals surface area contributed by atoms with Gasteiger partial charge in [0, 0.05) is 48.3 Å². The minimum atomic E-state index is -0.396. The first-order chi connectivity index (χ1) is 18.8. The van der Waals surface area contributed by atoms with Crippen molar-refractivity contribution >= 4 is 34.2 Å². The van der Waals surface area contributed by atoms with Gasteiger partial charge in [-0.1, -0.05) is 57.5 Å². The minimum Gasteiger partial charge on any atom is -0.490 e. The first kappa shape index (κ1) is 28.9. The number of halogens is 1. The Morgan fingerprint density at radius 3 is 2.05 bits per heavy atom. The van der Waals surface area contributed by atoms with Gasteiger partial charge in [-0.15, -0.1) is 0 Å². The molecule has 0 unspecified atom stereocenters. The summed E-state index contributed by atoms with van der Waals surface area (Å²) in [6.45, 7) is 13.6. The van der Waals surface area contributed by atoms with E-state index in [1.807, 2.05) is 26.1 Å². The SMILES string of the molecule is CCOc1cc(C2C3=C(CC(C)(C)CC3=O)N(C)C3=C2C(=O)CC(C)(C)C3)cc(I)c1OCc1cccc(C)c1. The number of ether oxygens (including phenoxy) is 2. The number of nitrogens with zero attached hydrogens (tertiary/aromatic N) is 1. The van der Waals surface area contributed by atoms with E-state index in [0.29, 0.717) is 37.6 Å². The summed E-state index contributed by atoms with van der Waals surface area (Å²) < 4.78 is 13.4. The van der Waals surface area contributed by atoms with Gasteiger partial charge in [-0.05, 0) is 83.4 Å². The van der Waals surface area contributed by atoms with Crippen molar-refractivity contribution in [1.82, 2.24) is 4.90 Å². The van der Waals surface area contributed by atoms with E-state index in [-0.39, 0.29) is 22.4 Å². The molecule has 2 aromatic carbocycles. The highest BCUT2D eigenvalue weighted by Gasteiger charge is 2.48. The molecule has 0 fully saturated rings. The lowest BCUT2D eigenvalue weighted by atomic mass is 9.64. The molecule has 0 spiro atoms. The van der Waals surface area contributed by atoms with Crippen molar-refractivity contribution in [1.29, 1.82) is 0 Å². The van der Waals surface area contributed by atoms with Crippen molar-refractivity contribution in [3.63, 3.8) is 0 Å². The molecule has 212 valence electrons. The Balaban J connectivity index is 1.64. The second-order valence-corrected chi connectivity index (χ2v) is 14.3. The van der Waals surface area contributed by atoms with Crippen LogP contribution in [0.3, 0.4) is 0 Å². The minimum absolute atomic E-state index is 0.126. The number of benzene rings is 2. The lowest BCUT2D eigenvalue weighted by Gasteiger charge is -2.48. The van der Waals surface area contributed by atoms with Crippen LogP contribution in [0.15, 0.2) is 58.9 Å². The summed E-state index contributed by atoms with van der Waals surface area (Å²) >= 11 is 2.30. The van der Waals surface area contributed by atoms with Crippen LogP contribution >= 0.6 is 22.6 Å². The summed E-state index contributed by atoms with van der Waals surface area (Å²) in [4.78, 5) is 29.9. The van der Waals surface area contributed by atoms with Gasteiger partial charge < -0.3 is 14.4 Å². The third kappa shape index (κ3) is 5.48. The normalized spacial score (nSPS) is 20.4. The smallest absolute Gasteiger partial charge is 0.174 e. The van der Waals surface area contributed by atoms with Crippen LogP contribution in [0, 0.1) is 21.3 Å². The monoisotopic (exact) mass is 653 g/mol. The highest BCUT2D eigenvalue weighted by Crippen LogP contribution is 2.54. The largest absolute Gasteiger partial charge is 0.490 e. The molecule has 6 heteroatoms.